The molecular formula is C41H38N2O12. The number of ketones is 2. The number of nitrogens with two attached hydrogens (primary N) is 2. The fourth-order valence-corrected chi connectivity index (χ4v) is 7.23. The Labute approximate surface area is 313 Å². The van der Waals surface area contributed by atoms with Crippen LogP contribution in [0.1, 0.15) is 74.1 Å². The van der Waals surface area contributed by atoms with E-state index in [-0.39, 0.29) is 51.3 Å². The SMILES string of the molecule is CC(=O)Oc1cc(CO)c2c(c1-c1ccc3ccccc3c1)C(=O)c1cc(OC3OC(C)C(O)C(O)(O)C3O)c(Cc3cccc(C(N)N)c3)c(O)c1C2=O. The van der Waals surface area contributed by atoms with E-state index in [0.29, 0.717) is 16.7 Å². The molecular weight excluding hydrogens is 712 g/mol. The van der Waals surface area contributed by atoms with Crippen LogP contribution >= 0.6 is 0 Å². The summed E-state index contributed by atoms with van der Waals surface area (Å²) in [4.78, 5) is 42.0. The minimum absolute atomic E-state index is 0.0424. The normalized spacial score (nSPS) is 20.3. The first-order valence-electron chi connectivity index (χ1n) is 17.3. The lowest BCUT2D eigenvalue weighted by molar-refractivity contribution is -0.371. The lowest BCUT2D eigenvalue weighted by Crippen LogP contribution is -2.67. The van der Waals surface area contributed by atoms with E-state index < -0.39 is 72.0 Å². The Balaban J connectivity index is 1.46. The average Bonchev–Trinajstić information content (AvgIpc) is 3.15. The molecule has 284 valence electrons. The Morgan fingerprint density at radius 3 is 2.27 bits per heavy atom. The number of aliphatic hydroxyl groups excluding tert-OH is 3. The number of phenols is 1. The third-order valence-electron chi connectivity index (χ3n) is 10.0. The molecule has 10 N–H and O–H groups in total. The van der Waals surface area contributed by atoms with Gasteiger partial charge >= 0.3 is 5.97 Å². The molecule has 55 heavy (non-hydrogen) atoms. The van der Waals surface area contributed by atoms with E-state index in [4.69, 9.17) is 25.7 Å². The molecule has 0 saturated carbocycles. The Bertz CT molecular complexity index is 2390. The van der Waals surface area contributed by atoms with Crippen molar-refractivity contribution in [2.75, 3.05) is 0 Å². The predicted molar refractivity (Wildman–Crippen MR) is 196 cm³/mol. The molecule has 5 aromatic carbocycles. The lowest BCUT2D eigenvalue weighted by atomic mass is 9.76. The van der Waals surface area contributed by atoms with Crippen molar-refractivity contribution in [1.29, 1.82) is 0 Å². The molecule has 1 aliphatic carbocycles. The van der Waals surface area contributed by atoms with Gasteiger partial charge in [0, 0.05) is 41.2 Å². The summed E-state index contributed by atoms with van der Waals surface area (Å²) in [6, 6.07) is 21.8. The van der Waals surface area contributed by atoms with Gasteiger partial charge in [0.1, 0.15) is 23.4 Å². The highest BCUT2D eigenvalue weighted by Gasteiger charge is 2.54. The minimum Gasteiger partial charge on any atom is -0.507 e. The highest BCUT2D eigenvalue weighted by atomic mass is 16.7. The van der Waals surface area contributed by atoms with Crippen LogP contribution in [0.5, 0.6) is 17.2 Å². The maximum absolute atomic E-state index is 14.9. The molecule has 7 rings (SSSR count). The van der Waals surface area contributed by atoms with Crippen LogP contribution in [0.4, 0.5) is 0 Å². The maximum Gasteiger partial charge on any atom is 0.308 e. The van der Waals surface area contributed by atoms with E-state index in [1.165, 1.54) is 19.9 Å². The highest BCUT2D eigenvalue weighted by molar-refractivity contribution is 6.32. The highest BCUT2D eigenvalue weighted by Crippen LogP contribution is 2.47. The van der Waals surface area contributed by atoms with Gasteiger partial charge in [0.25, 0.3) is 0 Å². The second kappa shape index (κ2) is 14.3. The zero-order chi connectivity index (χ0) is 39.5. The fraction of sp³-hybridized carbons (Fsp3) is 0.244. The van der Waals surface area contributed by atoms with Crippen LogP contribution in [0.2, 0.25) is 0 Å². The first kappa shape index (κ1) is 37.8. The molecule has 4 unspecified atom stereocenters. The van der Waals surface area contributed by atoms with Crippen LogP contribution in [0, 0.1) is 0 Å². The van der Waals surface area contributed by atoms with Gasteiger partial charge in [-0.1, -0.05) is 60.7 Å². The van der Waals surface area contributed by atoms with Crippen molar-refractivity contribution in [3.63, 3.8) is 0 Å². The number of phenolic OH excluding ortho intramolecular Hbond substituents is 1. The van der Waals surface area contributed by atoms with Crippen molar-refractivity contribution in [3.05, 3.63) is 123 Å². The third-order valence-corrected chi connectivity index (χ3v) is 10.0. The number of hydrogen-bond donors (Lipinski definition) is 8. The summed E-state index contributed by atoms with van der Waals surface area (Å²) < 4.78 is 17.2. The third kappa shape index (κ3) is 6.54. The maximum atomic E-state index is 14.9. The second-order valence-electron chi connectivity index (χ2n) is 13.7. The van der Waals surface area contributed by atoms with Crippen molar-refractivity contribution < 1.29 is 59.2 Å². The molecule has 0 amide bonds. The van der Waals surface area contributed by atoms with Crippen LogP contribution < -0.4 is 20.9 Å². The molecule has 0 radical (unpaired) electrons. The second-order valence-corrected chi connectivity index (χ2v) is 13.7. The van der Waals surface area contributed by atoms with E-state index >= 15 is 0 Å². The molecule has 1 fully saturated rings. The van der Waals surface area contributed by atoms with Gasteiger partial charge in [0.05, 0.1) is 24.4 Å². The standard InChI is InChI=1S/C41H38N2O12/c1-18-37(49)41(51,52)38(50)40(53-18)55-28-16-27-32(34(46)26(28)13-20-6-5-9-24(12-20)39(42)43)36(48)31-25(17-44)15-29(54-19(2)45)30(33(31)35(27)47)23-11-10-21-7-3-4-8-22(21)14-23/h3-12,14-16,18,37-40,44,46,49-52H,13,17,42-43H2,1-2H3. The fourth-order valence-electron chi connectivity index (χ4n) is 7.23. The topological polar surface area (TPSA) is 252 Å². The number of benzene rings is 5. The van der Waals surface area contributed by atoms with Crippen LogP contribution in [0.15, 0.2) is 78.9 Å². The van der Waals surface area contributed by atoms with Crippen molar-refractivity contribution in [2.45, 2.75) is 63.4 Å². The molecule has 0 aromatic heterocycles. The number of carbonyl (C=O) groups excluding carboxylic acids is 3. The molecule has 14 nitrogen and oxygen atoms in total. The van der Waals surface area contributed by atoms with Crippen molar-refractivity contribution in [3.8, 4) is 28.4 Å². The zero-order valence-corrected chi connectivity index (χ0v) is 29.6. The van der Waals surface area contributed by atoms with Gasteiger partial charge in [-0.2, -0.15) is 0 Å². The largest absolute Gasteiger partial charge is 0.507 e. The molecule has 0 bridgehead atoms. The molecule has 2 aliphatic rings. The summed E-state index contributed by atoms with van der Waals surface area (Å²) in [6.07, 6.45) is -8.32. The number of carbonyl (C=O) groups is 3. The van der Waals surface area contributed by atoms with Crippen molar-refractivity contribution in [2.24, 2.45) is 11.5 Å². The van der Waals surface area contributed by atoms with Gasteiger partial charge in [0.2, 0.25) is 12.1 Å². The Morgan fingerprint density at radius 1 is 0.855 bits per heavy atom. The molecule has 1 heterocycles. The van der Waals surface area contributed by atoms with E-state index in [1.54, 1.807) is 42.5 Å². The van der Waals surface area contributed by atoms with Gasteiger partial charge in [0.15, 0.2) is 17.7 Å². The number of rotatable bonds is 8. The van der Waals surface area contributed by atoms with Gasteiger partial charge < -0.3 is 56.3 Å². The van der Waals surface area contributed by atoms with Crippen LogP contribution in [-0.2, 0) is 22.6 Å². The lowest BCUT2D eigenvalue weighted by Gasteiger charge is -2.44. The molecule has 1 aliphatic heterocycles. The molecule has 0 spiro atoms. The number of ether oxygens (including phenoxy) is 3. The molecule has 5 aromatic rings. The van der Waals surface area contributed by atoms with Gasteiger partial charge in [-0.15, -0.1) is 0 Å². The van der Waals surface area contributed by atoms with Gasteiger partial charge in [-0.25, -0.2) is 0 Å². The van der Waals surface area contributed by atoms with Crippen LogP contribution in [-0.4, -0.2) is 78.6 Å². The molecule has 14 heteroatoms. The number of hydrogen-bond acceptors (Lipinski definition) is 14. The number of esters is 1. The molecule has 1 saturated heterocycles. The summed E-state index contributed by atoms with van der Waals surface area (Å²) in [6.45, 7) is 1.74. The summed E-state index contributed by atoms with van der Waals surface area (Å²) in [5, 5.41) is 66.5. The van der Waals surface area contributed by atoms with E-state index in [0.717, 1.165) is 16.8 Å². The molecule has 4 atom stereocenters. The van der Waals surface area contributed by atoms with Gasteiger partial charge in [-0.3, -0.25) is 14.4 Å². The van der Waals surface area contributed by atoms with Crippen LogP contribution in [0.3, 0.4) is 0 Å². The van der Waals surface area contributed by atoms with E-state index in [9.17, 15) is 45.0 Å². The predicted octanol–water partition coefficient (Wildman–Crippen LogP) is 2.44. The first-order valence-corrected chi connectivity index (χ1v) is 17.3. The average molecular weight is 751 g/mol. The van der Waals surface area contributed by atoms with E-state index in [1.807, 2.05) is 24.3 Å². The smallest absolute Gasteiger partial charge is 0.308 e. The summed E-state index contributed by atoms with van der Waals surface area (Å²) in [7, 11) is 0. The summed E-state index contributed by atoms with van der Waals surface area (Å²) >= 11 is 0. The van der Waals surface area contributed by atoms with Crippen LogP contribution in [0.25, 0.3) is 21.9 Å². The first-order chi connectivity index (χ1) is 26.1. The Morgan fingerprint density at radius 2 is 1.58 bits per heavy atom. The van der Waals surface area contributed by atoms with Crippen molar-refractivity contribution in [1.82, 2.24) is 0 Å². The van der Waals surface area contributed by atoms with E-state index in [2.05, 4.69) is 0 Å². The Hall–Kier alpha value is -5.55. The zero-order valence-electron chi connectivity index (χ0n) is 29.6. The van der Waals surface area contributed by atoms with Crippen molar-refractivity contribution >= 4 is 28.3 Å². The Kier molecular flexibility index (Phi) is 9.79. The minimum atomic E-state index is -3.09. The monoisotopic (exact) mass is 750 g/mol. The van der Waals surface area contributed by atoms with Gasteiger partial charge in [-0.05, 0) is 58.1 Å². The summed E-state index contributed by atoms with van der Waals surface area (Å²) in [5.74, 6) is -6.53. The number of aromatic hydroxyl groups is 1. The summed E-state index contributed by atoms with van der Waals surface area (Å²) in [5.41, 5.74) is 12.0. The number of fused-ring (bicyclic) bond motifs is 3. The number of aliphatic hydroxyl groups is 5. The quantitative estimate of drug-likeness (QED) is 0.0632.